The van der Waals surface area contributed by atoms with E-state index >= 15 is 0 Å². The van der Waals surface area contributed by atoms with Gasteiger partial charge in [0.15, 0.2) is 0 Å². The van der Waals surface area contributed by atoms with Gasteiger partial charge in [-0.3, -0.25) is 9.59 Å². The third kappa shape index (κ3) is 2.63. The van der Waals surface area contributed by atoms with Gasteiger partial charge in [-0.25, -0.2) is 10.9 Å². The molecule has 0 fully saturated rings. The van der Waals surface area contributed by atoms with Gasteiger partial charge in [0, 0.05) is 27.4 Å². The van der Waals surface area contributed by atoms with Crippen molar-refractivity contribution in [2.45, 2.75) is 19.8 Å². The van der Waals surface area contributed by atoms with Crippen molar-refractivity contribution < 1.29 is 14.7 Å². The van der Waals surface area contributed by atoms with Crippen LogP contribution in [-0.2, 0) is 9.59 Å². The van der Waals surface area contributed by atoms with E-state index in [4.69, 9.17) is 0 Å². The van der Waals surface area contributed by atoms with Crippen LogP contribution in [0.15, 0.2) is 32.9 Å². The lowest BCUT2D eigenvalue weighted by molar-refractivity contribution is -0.125. The molecule has 2 unspecified atom stereocenters. The number of nitrogens with zero attached hydrogens (tertiary/aromatic N) is 2. The summed E-state index contributed by atoms with van der Waals surface area (Å²) < 4.78 is 0.747. The minimum atomic E-state index is -0.644. The zero-order valence-corrected chi connectivity index (χ0v) is 14.1. The Morgan fingerprint density at radius 2 is 1.61 bits per heavy atom. The lowest BCUT2D eigenvalue weighted by Gasteiger charge is -2.27. The second kappa shape index (κ2) is 5.77. The second-order valence-electron chi connectivity index (χ2n) is 5.64. The summed E-state index contributed by atoms with van der Waals surface area (Å²) in [6.45, 7) is 3.45. The molecule has 23 heavy (non-hydrogen) atoms. The number of hydrogen-bond acceptors (Lipinski definition) is 5. The fraction of sp³-hybridized carbons (Fsp3) is 0.333. The third-order valence-corrected chi connectivity index (χ3v) is 4.71. The molecule has 0 radical (unpaired) electrons. The first kappa shape index (κ1) is 15.7. The Balaban J connectivity index is 2.16. The van der Waals surface area contributed by atoms with Gasteiger partial charge >= 0.3 is 0 Å². The van der Waals surface area contributed by atoms with Crippen LogP contribution < -0.4 is 10.9 Å². The van der Waals surface area contributed by atoms with E-state index in [1.807, 2.05) is 0 Å². The summed E-state index contributed by atoms with van der Waals surface area (Å²) in [5, 5.41) is 18.2. The largest absolute Gasteiger partial charge is 0.508 e. The van der Waals surface area contributed by atoms with E-state index in [-0.39, 0.29) is 17.6 Å². The van der Waals surface area contributed by atoms with Crippen molar-refractivity contribution in [3.05, 3.63) is 28.2 Å². The molecule has 0 bridgehead atoms. The fourth-order valence-electron chi connectivity index (χ4n) is 3.13. The minimum absolute atomic E-state index is 0.0261. The summed E-state index contributed by atoms with van der Waals surface area (Å²) in [5.74, 6) is -2.44. The number of benzene rings is 1. The Morgan fingerprint density at radius 3 is 2.04 bits per heavy atom. The molecule has 1 aromatic rings. The van der Waals surface area contributed by atoms with Crippen molar-refractivity contribution >= 4 is 39.2 Å². The van der Waals surface area contributed by atoms with Crippen LogP contribution in [0.5, 0.6) is 5.75 Å². The lowest BCUT2D eigenvalue weighted by Crippen LogP contribution is -2.38. The summed E-state index contributed by atoms with van der Waals surface area (Å²) in [6.07, 6.45) is 0. The first-order chi connectivity index (χ1) is 10.9. The molecule has 0 aromatic heterocycles. The molecule has 1 aromatic carbocycles. The highest BCUT2D eigenvalue weighted by molar-refractivity contribution is 9.10. The second-order valence-corrected chi connectivity index (χ2v) is 6.56. The highest BCUT2D eigenvalue weighted by Crippen LogP contribution is 2.42. The minimum Gasteiger partial charge on any atom is -0.508 e. The van der Waals surface area contributed by atoms with Crippen LogP contribution in [0.3, 0.4) is 0 Å². The molecule has 0 spiro atoms. The normalized spacial score (nSPS) is 24.8. The van der Waals surface area contributed by atoms with E-state index < -0.39 is 17.8 Å². The van der Waals surface area contributed by atoms with Crippen molar-refractivity contribution in [1.82, 2.24) is 10.9 Å². The molecular weight excluding hydrogens is 364 g/mol. The zero-order chi connectivity index (χ0) is 16.7. The molecule has 0 aliphatic carbocycles. The lowest BCUT2D eigenvalue weighted by atomic mass is 9.73. The quantitative estimate of drug-likeness (QED) is 0.741. The first-order valence-electron chi connectivity index (χ1n) is 7.06. The maximum atomic E-state index is 12.3. The van der Waals surface area contributed by atoms with Crippen molar-refractivity contribution in [3.8, 4) is 5.75 Å². The van der Waals surface area contributed by atoms with Crippen LogP contribution in [0, 0.1) is 11.8 Å². The van der Waals surface area contributed by atoms with Crippen molar-refractivity contribution in [3.63, 3.8) is 0 Å². The molecule has 0 saturated carbocycles. The molecule has 8 heteroatoms. The molecule has 120 valence electrons. The number of phenolic OH excluding ortho intramolecular Hbond substituents is 1. The van der Waals surface area contributed by atoms with Gasteiger partial charge in [-0.2, -0.15) is 10.2 Å². The summed E-state index contributed by atoms with van der Waals surface area (Å²) in [5.41, 5.74) is 6.54. The van der Waals surface area contributed by atoms with Gasteiger partial charge < -0.3 is 5.11 Å². The number of phenols is 1. The van der Waals surface area contributed by atoms with E-state index in [1.165, 1.54) is 6.07 Å². The van der Waals surface area contributed by atoms with E-state index in [1.54, 1.807) is 26.0 Å². The van der Waals surface area contributed by atoms with Crippen LogP contribution in [0.25, 0.3) is 0 Å². The maximum Gasteiger partial charge on any atom is 0.249 e. The van der Waals surface area contributed by atoms with Gasteiger partial charge in [0.1, 0.15) is 5.75 Å². The Kier molecular flexibility index (Phi) is 3.93. The molecule has 2 heterocycles. The number of hydrogen-bond donors (Lipinski definition) is 3. The standard InChI is InChI=1S/C15H15BrN4O3/c1-6-11(14(22)19-17-6)13(12-7(2)18-20-15(12)23)9-5-8(16)3-4-10(9)21/h3-5,11-13,21H,1-2H3,(H,19,22)(H,20,23). The summed E-state index contributed by atoms with van der Waals surface area (Å²) in [6, 6.07) is 4.95. The summed E-state index contributed by atoms with van der Waals surface area (Å²) >= 11 is 3.37. The van der Waals surface area contributed by atoms with Gasteiger partial charge in [0.05, 0.1) is 11.8 Å². The van der Waals surface area contributed by atoms with Gasteiger partial charge in [0.25, 0.3) is 0 Å². The van der Waals surface area contributed by atoms with Gasteiger partial charge in [0.2, 0.25) is 11.8 Å². The van der Waals surface area contributed by atoms with E-state index in [0.717, 1.165) is 4.47 Å². The van der Waals surface area contributed by atoms with Crippen LogP contribution in [0.1, 0.15) is 25.3 Å². The van der Waals surface area contributed by atoms with Gasteiger partial charge in [-0.05, 0) is 32.0 Å². The number of halogens is 1. The van der Waals surface area contributed by atoms with Crippen molar-refractivity contribution in [1.29, 1.82) is 0 Å². The topological polar surface area (TPSA) is 103 Å². The first-order valence-corrected chi connectivity index (χ1v) is 7.86. The molecule has 2 aliphatic heterocycles. The average molecular weight is 379 g/mol. The number of carbonyl (C=O) groups excluding carboxylic acids is 2. The van der Waals surface area contributed by atoms with Crippen LogP contribution in [0.4, 0.5) is 0 Å². The third-order valence-electron chi connectivity index (χ3n) is 4.22. The maximum absolute atomic E-state index is 12.3. The van der Waals surface area contributed by atoms with Crippen molar-refractivity contribution in [2.75, 3.05) is 0 Å². The molecule has 3 N–H and O–H groups in total. The zero-order valence-electron chi connectivity index (χ0n) is 12.5. The number of hydrazone groups is 2. The number of nitrogens with one attached hydrogen (secondary N) is 2. The van der Waals surface area contributed by atoms with Gasteiger partial charge in [-0.1, -0.05) is 15.9 Å². The molecule has 3 rings (SSSR count). The monoisotopic (exact) mass is 378 g/mol. The SMILES string of the molecule is CC1=NNC(=O)C1C(c1cc(Br)ccc1O)C1C(=O)NN=C1C. The molecule has 2 amide bonds. The number of rotatable bonds is 3. The molecule has 2 atom stereocenters. The van der Waals surface area contributed by atoms with Gasteiger partial charge in [-0.15, -0.1) is 0 Å². The smallest absolute Gasteiger partial charge is 0.249 e. The highest BCUT2D eigenvalue weighted by atomic mass is 79.9. The molecule has 7 nitrogen and oxygen atoms in total. The Morgan fingerprint density at radius 1 is 1.09 bits per heavy atom. The van der Waals surface area contributed by atoms with Crippen LogP contribution >= 0.6 is 15.9 Å². The van der Waals surface area contributed by atoms with E-state index in [9.17, 15) is 14.7 Å². The average Bonchev–Trinajstić information content (AvgIpc) is 3.00. The van der Waals surface area contributed by atoms with Crippen LogP contribution in [0.2, 0.25) is 0 Å². The molecular formula is C15H15BrN4O3. The predicted molar refractivity (Wildman–Crippen MR) is 88.0 cm³/mol. The van der Waals surface area contributed by atoms with Crippen LogP contribution in [-0.4, -0.2) is 28.3 Å². The Hall–Kier alpha value is -2.22. The highest BCUT2D eigenvalue weighted by Gasteiger charge is 2.46. The molecule has 0 saturated heterocycles. The van der Waals surface area contributed by atoms with Crippen molar-refractivity contribution in [2.24, 2.45) is 22.0 Å². The predicted octanol–water partition coefficient (Wildman–Crippen LogP) is 1.48. The van der Waals surface area contributed by atoms with E-state index in [0.29, 0.717) is 17.0 Å². The summed E-state index contributed by atoms with van der Waals surface area (Å²) in [4.78, 5) is 24.6. The Bertz CT molecular complexity index is 721. The number of aromatic hydroxyl groups is 1. The number of carbonyl (C=O) groups is 2. The fourth-order valence-corrected chi connectivity index (χ4v) is 3.51. The molecule has 2 aliphatic rings. The summed E-state index contributed by atoms with van der Waals surface area (Å²) in [7, 11) is 0. The number of amides is 2. The van der Waals surface area contributed by atoms with E-state index in [2.05, 4.69) is 37.0 Å². The Labute approximate surface area is 141 Å².